The van der Waals surface area contributed by atoms with Gasteiger partial charge in [-0.2, -0.15) is 0 Å². The van der Waals surface area contributed by atoms with E-state index >= 15 is 0 Å². The summed E-state index contributed by atoms with van der Waals surface area (Å²) in [4.78, 5) is 9.23. The standard InChI is InChI=1S/C23H28N4O/c1-2-6-17(7-3-1)16-28-20-11-5-10-19(14-20)26-22-21-15-25-23(18-8-4-9-18)27(21)13-12-24-22/h5,10-15,17-18H,1-4,6-9,16H2,(H,24,26). The number of hydrogen-bond acceptors (Lipinski definition) is 4. The van der Waals surface area contributed by atoms with Crippen molar-refractivity contribution < 1.29 is 4.74 Å². The van der Waals surface area contributed by atoms with E-state index in [1.807, 2.05) is 30.7 Å². The summed E-state index contributed by atoms with van der Waals surface area (Å²) in [6, 6.07) is 8.20. The largest absolute Gasteiger partial charge is 0.493 e. The summed E-state index contributed by atoms with van der Waals surface area (Å²) in [6.07, 6.45) is 16.3. The van der Waals surface area contributed by atoms with Gasteiger partial charge in [-0.25, -0.2) is 9.97 Å². The summed E-state index contributed by atoms with van der Waals surface area (Å²) < 4.78 is 8.27. The maximum atomic E-state index is 6.09. The van der Waals surface area contributed by atoms with Crippen LogP contribution in [-0.4, -0.2) is 21.0 Å². The molecule has 2 fully saturated rings. The molecule has 2 aliphatic carbocycles. The van der Waals surface area contributed by atoms with E-state index in [1.165, 1.54) is 51.4 Å². The lowest BCUT2D eigenvalue weighted by molar-refractivity contribution is 0.209. The molecule has 0 aliphatic heterocycles. The van der Waals surface area contributed by atoms with Gasteiger partial charge in [-0.15, -0.1) is 0 Å². The maximum Gasteiger partial charge on any atom is 0.156 e. The Balaban J connectivity index is 1.31. The number of anilines is 2. The minimum Gasteiger partial charge on any atom is -0.493 e. The van der Waals surface area contributed by atoms with E-state index in [0.717, 1.165) is 35.2 Å². The number of nitrogens with zero attached hydrogens (tertiary/aromatic N) is 3. The molecule has 2 aromatic heterocycles. The molecule has 0 amide bonds. The fourth-order valence-corrected chi connectivity index (χ4v) is 4.38. The van der Waals surface area contributed by atoms with Crippen LogP contribution in [0.2, 0.25) is 0 Å². The highest BCUT2D eigenvalue weighted by Gasteiger charge is 2.24. The summed E-state index contributed by atoms with van der Waals surface area (Å²) in [5, 5.41) is 3.46. The number of benzene rings is 1. The van der Waals surface area contributed by atoms with Crippen LogP contribution in [0, 0.1) is 5.92 Å². The second kappa shape index (κ2) is 7.82. The van der Waals surface area contributed by atoms with E-state index in [-0.39, 0.29) is 0 Å². The fourth-order valence-electron chi connectivity index (χ4n) is 4.38. The summed E-state index contributed by atoms with van der Waals surface area (Å²) in [7, 11) is 0. The lowest BCUT2D eigenvalue weighted by Crippen LogP contribution is -2.15. The van der Waals surface area contributed by atoms with Crippen LogP contribution in [0.4, 0.5) is 11.5 Å². The zero-order valence-electron chi connectivity index (χ0n) is 16.3. The first-order chi connectivity index (χ1) is 13.9. The van der Waals surface area contributed by atoms with E-state index in [1.54, 1.807) is 0 Å². The van der Waals surface area contributed by atoms with Crippen molar-refractivity contribution in [2.45, 2.75) is 57.3 Å². The van der Waals surface area contributed by atoms with Crippen LogP contribution in [0.3, 0.4) is 0 Å². The van der Waals surface area contributed by atoms with Gasteiger partial charge in [0.05, 0.1) is 12.8 Å². The molecular weight excluding hydrogens is 348 g/mol. The summed E-state index contributed by atoms with van der Waals surface area (Å²) in [5.41, 5.74) is 2.02. The third kappa shape index (κ3) is 3.58. The second-order valence-electron chi connectivity index (χ2n) is 8.24. The number of ether oxygens (including phenoxy) is 1. The summed E-state index contributed by atoms with van der Waals surface area (Å²) >= 11 is 0. The highest BCUT2D eigenvalue weighted by atomic mass is 16.5. The molecule has 28 heavy (non-hydrogen) atoms. The zero-order chi connectivity index (χ0) is 18.8. The predicted molar refractivity (Wildman–Crippen MR) is 111 cm³/mol. The lowest BCUT2D eigenvalue weighted by atomic mass is 9.85. The molecule has 2 saturated carbocycles. The lowest BCUT2D eigenvalue weighted by Gasteiger charge is -2.24. The molecule has 3 aromatic rings. The molecule has 5 heteroatoms. The van der Waals surface area contributed by atoms with Gasteiger partial charge in [0.25, 0.3) is 0 Å². The number of rotatable bonds is 6. The average Bonchev–Trinajstić information content (AvgIpc) is 3.11. The Kier molecular flexibility index (Phi) is 4.90. The molecule has 2 aliphatic rings. The topological polar surface area (TPSA) is 51.5 Å². The van der Waals surface area contributed by atoms with Gasteiger partial charge < -0.3 is 10.1 Å². The Labute approximate surface area is 166 Å². The van der Waals surface area contributed by atoms with Gasteiger partial charge in [0.2, 0.25) is 0 Å². The van der Waals surface area contributed by atoms with E-state index in [0.29, 0.717) is 11.8 Å². The number of fused-ring (bicyclic) bond motifs is 1. The van der Waals surface area contributed by atoms with Crippen LogP contribution in [0.15, 0.2) is 42.9 Å². The highest BCUT2D eigenvalue weighted by molar-refractivity contribution is 5.73. The highest BCUT2D eigenvalue weighted by Crippen LogP contribution is 2.36. The molecular formula is C23H28N4O. The van der Waals surface area contributed by atoms with Crippen LogP contribution < -0.4 is 10.1 Å². The quantitative estimate of drug-likeness (QED) is 0.599. The molecule has 1 N–H and O–H groups in total. The molecule has 0 saturated heterocycles. The Bertz CT molecular complexity index is 941. The molecule has 0 unspecified atom stereocenters. The van der Waals surface area contributed by atoms with Gasteiger partial charge in [-0.3, -0.25) is 4.40 Å². The van der Waals surface area contributed by atoms with Crippen molar-refractivity contribution in [1.29, 1.82) is 0 Å². The van der Waals surface area contributed by atoms with E-state index in [4.69, 9.17) is 4.74 Å². The van der Waals surface area contributed by atoms with E-state index < -0.39 is 0 Å². The SMILES string of the molecule is c1cc(Nc2nccn3c(C4CCC4)ncc23)cc(OCC2CCCCC2)c1. The third-order valence-electron chi connectivity index (χ3n) is 6.26. The van der Waals surface area contributed by atoms with Crippen molar-refractivity contribution in [3.8, 4) is 5.75 Å². The van der Waals surface area contributed by atoms with E-state index in [9.17, 15) is 0 Å². The molecule has 0 atom stereocenters. The summed E-state index contributed by atoms with van der Waals surface area (Å²) in [6.45, 7) is 0.824. The van der Waals surface area contributed by atoms with Crippen molar-refractivity contribution in [2.75, 3.05) is 11.9 Å². The van der Waals surface area contributed by atoms with Gasteiger partial charge in [-0.05, 0) is 43.7 Å². The molecule has 0 bridgehead atoms. The number of imidazole rings is 1. The van der Waals surface area contributed by atoms with Crippen molar-refractivity contribution in [3.05, 3.63) is 48.7 Å². The monoisotopic (exact) mass is 376 g/mol. The summed E-state index contributed by atoms with van der Waals surface area (Å²) in [5.74, 6) is 4.22. The van der Waals surface area contributed by atoms with E-state index in [2.05, 4.69) is 31.8 Å². The van der Waals surface area contributed by atoms with Crippen molar-refractivity contribution in [2.24, 2.45) is 5.92 Å². The Morgan fingerprint density at radius 3 is 2.75 bits per heavy atom. The Morgan fingerprint density at radius 1 is 1.04 bits per heavy atom. The van der Waals surface area contributed by atoms with Gasteiger partial charge in [-0.1, -0.05) is 31.7 Å². The zero-order valence-corrected chi connectivity index (χ0v) is 16.3. The van der Waals surface area contributed by atoms with Crippen molar-refractivity contribution >= 4 is 17.0 Å². The normalized spacial score (nSPS) is 18.1. The number of nitrogens with one attached hydrogen (secondary N) is 1. The molecule has 5 nitrogen and oxygen atoms in total. The van der Waals surface area contributed by atoms with Crippen molar-refractivity contribution in [3.63, 3.8) is 0 Å². The average molecular weight is 377 g/mol. The molecule has 0 radical (unpaired) electrons. The van der Waals surface area contributed by atoms with Gasteiger partial charge in [0, 0.05) is 30.1 Å². The fraction of sp³-hybridized carbons (Fsp3) is 0.478. The molecule has 0 spiro atoms. The second-order valence-corrected chi connectivity index (χ2v) is 8.24. The first-order valence-electron chi connectivity index (χ1n) is 10.7. The predicted octanol–water partition coefficient (Wildman–Crippen LogP) is 5.70. The molecule has 2 heterocycles. The van der Waals surface area contributed by atoms with Crippen LogP contribution >= 0.6 is 0 Å². The molecule has 146 valence electrons. The van der Waals surface area contributed by atoms with Crippen LogP contribution in [-0.2, 0) is 0 Å². The first-order valence-corrected chi connectivity index (χ1v) is 10.7. The minimum absolute atomic E-state index is 0.592. The van der Waals surface area contributed by atoms with Gasteiger partial charge in [0.15, 0.2) is 5.82 Å². The van der Waals surface area contributed by atoms with Gasteiger partial charge >= 0.3 is 0 Å². The molecule has 1 aromatic carbocycles. The third-order valence-corrected chi connectivity index (χ3v) is 6.26. The van der Waals surface area contributed by atoms with Gasteiger partial charge in [0.1, 0.15) is 17.1 Å². The van der Waals surface area contributed by atoms with Crippen molar-refractivity contribution in [1.82, 2.24) is 14.4 Å². The van der Waals surface area contributed by atoms with Crippen LogP contribution in [0.25, 0.3) is 5.52 Å². The number of hydrogen-bond donors (Lipinski definition) is 1. The Hall–Kier alpha value is -2.56. The molecule has 5 rings (SSSR count). The maximum absolute atomic E-state index is 6.09. The Morgan fingerprint density at radius 2 is 1.93 bits per heavy atom. The first kappa shape index (κ1) is 17.5. The number of aromatic nitrogens is 3. The van der Waals surface area contributed by atoms with Crippen LogP contribution in [0.1, 0.15) is 63.1 Å². The van der Waals surface area contributed by atoms with Crippen LogP contribution in [0.5, 0.6) is 5.75 Å². The smallest absolute Gasteiger partial charge is 0.156 e. The minimum atomic E-state index is 0.592.